The van der Waals surface area contributed by atoms with E-state index < -0.39 is 0 Å². The fraction of sp³-hybridized carbons (Fsp3) is 0.900. The summed E-state index contributed by atoms with van der Waals surface area (Å²) in [5.74, 6) is 0.173. The lowest BCUT2D eigenvalue weighted by Crippen LogP contribution is -2.42. The van der Waals surface area contributed by atoms with Crippen LogP contribution >= 0.6 is 0 Å². The highest BCUT2D eigenvalue weighted by atomic mass is 16.5. The second-order valence-corrected chi connectivity index (χ2v) is 4.00. The Morgan fingerprint density at radius 2 is 2.15 bits per heavy atom. The fourth-order valence-electron chi connectivity index (χ4n) is 1.48. The van der Waals surface area contributed by atoms with Gasteiger partial charge in [-0.3, -0.25) is 4.79 Å². The monoisotopic (exact) mass is 185 g/mol. The number of carbonyl (C=O) groups excluding carboxylic acids is 1. The van der Waals surface area contributed by atoms with Gasteiger partial charge in [-0.2, -0.15) is 0 Å². The summed E-state index contributed by atoms with van der Waals surface area (Å²) in [6.07, 6.45) is 2.41. The Bertz CT molecular complexity index is 174. The highest BCUT2D eigenvalue weighted by Crippen LogP contribution is 2.15. The highest BCUT2D eigenvalue weighted by molar-refractivity contribution is 5.78. The molecule has 0 aromatic heterocycles. The minimum Gasteiger partial charge on any atom is -0.376 e. The molecule has 1 heterocycles. The van der Waals surface area contributed by atoms with Gasteiger partial charge in [0.15, 0.2) is 0 Å². The van der Waals surface area contributed by atoms with E-state index in [9.17, 15) is 4.79 Å². The van der Waals surface area contributed by atoms with Gasteiger partial charge in [-0.05, 0) is 19.8 Å². The van der Waals surface area contributed by atoms with Crippen LogP contribution < -0.4 is 5.32 Å². The summed E-state index contributed by atoms with van der Waals surface area (Å²) < 4.78 is 5.48. The van der Waals surface area contributed by atoms with E-state index in [-0.39, 0.29) is 24.0 Å². The Labute approximate surface area is 79.8 Å². The Hall–Kier alpha value is -0.570. The lowest BCUT2D eigenvalue weighted by Gasteiger charge is -2.20. The number of amides is 1. The lowest BCUT2D eigenvalue weighted by molar-refractivity contribution is -0.125. The number of rotatable bonds is 3. The van der Waals surface area contributed by atoms with Crippen LogP contribution in [0.2, 0.25) is 0 Å². The average molecular weight is 185 g/mol. The van der Waals surface area contributed by atoms with Crippen molar-refractivity contribution in [3.8, 4) is 0 Å². The van der Waals surface area contributed by atoms with Crippen molar-refractivity contribution in [3.05, 3.63) is 0 Å². The van der Waals surface area contributed by atoms with Crippen LogP contribution in [0.3, 0.4) is 0 Å². The van der Waals surface area contributed by atoms with Gasteiger partial charge in [-0.15, -0.1) is 0 Å². The smallest absolute Gasteiger partial charge is 0.222 e. The molecule has 0 unspecified atom stereocenters. The highest BCUT2D eigenvalue weighted by Gasteiger charge is 2.23. The molecule has 13 heavy (non-hydrogen) atoms. The van der Waals surface area contributed by atoms with Crippen LogP contribution in [0.4, 0.5) is 0 Å². The van der Waals surface area contributed by atoms with Crippen molar-refractivity contribution in [1.82, 2.24) is 5.32 Å². The molecule has 0 aromatic rings. The summed E-state index contributed by atoms with van der Waals surface area (Å²) in [7, 11) is 0. The first-order valence-corrected chi connectivity index (χ1v) is 5.03. The number of ether oxygens (including phenoxy) is 1. The lowest BCUT2D eigenvalue weighted by atomic mass is 10.1. The predicted molar refractivity (Wildman–Crippen MR) is 51.4 cm³/mol. The molecule has 1 N–H and O–H groups in total. The molecule has 0 radical (unpaired) electrons. The minimum absolute atomic E-state index is 0.0591. The van der Waals surface area contributed by atoms with E-state index in [1.807, 2.05) is 20.8 Å². The van der Waals surface area contributed by atoms with Gasteiger partial charge in [0, 0.05) is 12.5 Å². The van der Waals surface area contributed by atoms with E-state index in [1.54, 1.807) is 0 Å². The van der Waals surface area contributed by atoms with Crippen molar-refractivity contribution >= 4 is 5.91 Å². The molecule has 0 aliphatic carbocycles. The summed E-state index contributed by atoms with van der Waals surface area (Å²) in [4.78, 5) is 11.3. The van der Waals surface area contributed by atoms with Gasteiger partial charge in [0.2, 0.25) is 5.91 Å². The van der Waals surface area contributed by atoms with Gasteiger partial charge in [0.05, 0.1) is 12.1 Å². The molecule has 3 heteroatoms. The molecule has 0 spiro atoms. The summed E-state index contributed by atoms with van der Waals surface area (Å²) in [6.45, 7) is 6.65. The molecule has 2 atom stereocenters. The number of hydrogen-bond acceptors (Lipinski definition) is 2. The van der Waals surface area contributed by atoms with Crippen molar-refractivity contribution in [2.45, 2.75) is 45.8 Å². The predicted octanol–water partition coefficient (Wildman–Crippen LogP) is 1.33. The molecule has 1 aliphatic rings. The molecule has 1 fully saturated rings. The van der Waals surface area contributed by atoms with Crippen LogP contribution in [0.15, 0.2) is 0 Å². The third-order valence-corrected chi connectivity index (χ3v) is 2.42. The van der Waals surface area contributed by atoms with Crippen LogP contribution in [0.5, 0.6) is 0 Å². The van der Waals surface area contributed by atoms with Crippen LogP contribution in [0, 0.1) is 5.92 Å². The van der Waals surface area contributed by atoms with Crippen molar-refractivity contribution in [3.63, 3.8) is 0 Å². The molecule has 0 aromatic carbocycles. The number of hydrogen-bond donors (Lipinski definition) is 1. The van der Waals surface area contributed by atoms with E-state index in [2.05, 4.69) is 5.32 Å². The third kappa shape index (κ3) is 2.99. The third-order valence-electron chi connectivity index (χ3n) is 2.42. The van der Waals surface area contributed by atoms with Crippen LogP contribution in [-0.2, 0) is 9.53 Å². The molecule has 76 valence electrons. The van der Waals surface area contributed by atoms with E-state index in [4.69, 9.17) is 4.74 Å². The van der Waals surface area contributed by atoms with Gasteiger partial charge in [0.1, 0.15) is 0 Å². The van der Waals surface area contributed by atoms with E-state index in [1.165, 1.54) is 0 Å². The molecular weight excluding hydrogens is 166 g/mol. The Morgan fingerprint density at radius 3 is 2.62 bits per heavy atom. The molecule has 0 bridgehead atoms. The summed E-state index contributed by atoms with van der Waals surface area (Å²) in [5.41, 5.74) is 0. The molecule has 1 saturated heterocycles. The first kappa shape index (κ1) is 10.5. The van der Waals surface area contributed by atoms with E-state index in [0.29, 0.717) is 0 Å². The van der Waals surface area contributed by atoms with Crippen LogP contribution in [0.1, 0.15) is 33.6 Å². The molecule has 3 nitrogen and oxygen atoms in total. The fourth-order valence-corrected chi connectivity index (χ4v) is 1.48. The van der Waals surface area contributed by atoms with Crippen molar-refractivity contribution in [2.24, 2.45) is 5.92 Å². The Morgan fingerprint density at radius 1 is 1.46 bits per heavy atom. The topological polar surface area (TPSA) is 38.3 Å². The molecular formula is C10H19NO2. The quantitative estimate of drug-likeness (QED) is 0.720. The minimum atomic E-state index is 0.0591. The first-order chi connectivity index (χ1) is 6.11. The zero-order valence-corrected chi connectivity index (χ0v) is 8.67. The number of carbonyl (C=O) groups is 1. The Kier molecular flexibility index (Phi) is 3.72. The van der Waals surface area contributed by atoms with Crippen LogP contribution in [0.25, 0.3) is 0 Å². The second kappa shape index (κ2) is 4.61. The summed E-state index contributed by atoms with van der Waals surface area (Å²) >= 11 is 0. The normalized spacial score (nSPS) is 24.8. The van der Waals surface area contributed by atoms with E-state index in [0.717, 1.165) is 19.4 Å². The maximum atomic E-state index is 11.3. The standard InChI is InChI=1S/C10H19NO2/c1-7(2)10(12)11-8(3)9-5-4-6-13-9/h7-9H,4-6H2,1-3H3,(H,11,12)/t8-,9+/m0/s1. The van der Waals surface area contributed by atoms with Gasteiger partial charge >= 0.3 is 0 Å². The van der Waals surface area contributed by atoms with Gasteiger partial charge in [-0.25, -0.2) is 0 Å². The zero-order chi connectivity index (χ0) is 9.84. The molecule has 1 aliphatic heterocycles. The van der Waals surface area contributed by atoms with Gasteiger partial charge in [-0.1, -0.05) is 13.8 Å². The molecule has 1 amide bonds. The van der Waals surface area contributed by atoms with Gasteiger partial charge < -0.3 is 10.1 Å². The van der Waals surface area contributed by atoms with Gasteiger partial charge in [0.25, 0.3) is 0 Å². The van der Waals surface area contributed by atoms with Crippen molar-refractivity contribution in [2.75, 3.05) is 6.61 Å². The average Bonchev–Trinajstić information content (AvgIpc) is 2.55. The van der Waals surface area contributed by atoms with Crippen molar-refractivity contribution in [1.29, 1.82) is 0 Å². The number of nitrogens with one attached hydrogen (secondary N) is 1. The molecule has 1 rings (SSSR count). The van der Waals surface area contributed by atoms with Crippen LogP contribution in [-0.4, -0.2) is 24.7 Å². The Balaban J connectivity index is 2.31. The van der Waals surface area contributed by atoms with E-state index >= 15 is 0 Å². The zero-order valence-electron chi connectivity index (χ0n) is 8.67. The summed E-state index contributed by atoms with van der Waals surface area (Å²) in [5, 5.41) is 2.96. The summed E-state index contributed by atoms with van der Waals surface area (Å²) in [6, 6.07) is 0.150. The maximum Gasteiger partial charge on any atom is 0.222 e. The largest absolute Gasteiger partial charge is 0.376 e. The van der Waals surface area contributed by atoms with Crippen molar-refractivity contribution < 1.29 is 9.53 Å². The molecule has 0 saturated carbocycles. The second-order valence-electron chi connectivity index (χ2n) is 4.00. The maximum absolute atomic E-state index is 11.3. The first-order valence-electron chi connectivity index (χ1n) is 5.03. The SMILES string of the molecule is CC(C)C(=O)N[C@@H](C)[C@H]1CCCO1.